The second-order valence-corrected chi connectivity index (χ2v) is 15.3. The smallest absolute Gasteiger partial charge is 0.325 e. The van der Waals surface area contributed by atoms with Crippen molar-refractivity contribution in [2.45, 2.75) is 136 Å². The molecule has 4 amide bonds. The number of carbonyl (C=O) groups is 5. The Morgan fingerprint density at radius 1 is 0.929 bits per heavy atom. The van der Waals surface area contributed by atoms with Gasteiger partial charge in [-0.1, -0.05) is 90.3 Å². The standard InChI is InChI=1S/C20H37N3O3.C13H22N2O5.C7H8.C3H8/c1-7-13(3)18(16(8-2)26-6)23(5)17(24)12-21-20(25)19-14-9-10-15(11-14)22(19)4;1-9(13(18)14-7-11(17)19-2)12(20-3)10-5-4-6-15(10)8-16;1-7-5-3-2-4-6-7;1-3-2/h13-16,18-19H,7-12H2,1-6H3,(H,21,25);8-10,12H,4-7H2,1-3H3,(H,14,18);2-6H,1H3;3H2,1-2H3. The molecule has 3 fully saturated rings. The number of aryl methyl sites for hydroxylation is 1. The molecule has 56 heavy (non-hydrogen) atoms. The maximum absolute atomic E-state index is 12.7. The van der Waals surface area contributed by atoms with Gasteiger partial charge in [0.15, 0.2) is 0 Å². The number of piperidine rings is 1. The first-order valence-electron chi connectivity index (χ1n) is 20.6. The molecule has 0 spiro atoms. The van der Waals surface area contributed by atoms with Gasteiger partial charge in [-0.05, 0) is 64.3 Å². The summed E-state index contributed by atoms with van der Waals surface area (Å²) in [5.74, 6) is -0.528. The number of methoxy groups -OCH3 is 3. The van der Waals surface area contributed by atoms with Crippen LogP contribution in [0.3, 0.4) is 0 Å². The van der Waals surface area contributed by atoms with Crippen LogP contribution in [0, 0.1) is 24.7 Å². The van der Waals surface area contributed by atoms with E-state index < -0.39 is 11.9 Å². The number of amides is 4. The lowest BCUT2D eigenvalue weighted by atomic mass is 9.91. The van der Waals surface area contributed by atoms with E-state index in [-0.39, 0.29) is 61.1 Å². The average molecular weight is 790 g/mol. The van der Waals surface area contributed by atoms with Crippen LogP contribution in [0.5, 0.6) is 0 Å². The van der Waals surface area contributed by atoms with Crippen molar-refractivity contribution in [3.8, 4) is 0 Å². The van der Waals surface area contributed by atoms with E-state index in [0.717, 1.165) is 44.9 Å². The van der Waals surface area contributed by atoms with Crippen LogP contribution in [-0.2, 0) is 38.2 Å². The van der Waals surface area contributed by atoms with E-state index in [1.807, 2.05) is 32.3 Å². The monoisotopic (exact) mass is 790 g/mol. The van der Waals surface area contributed by atoms with E-state index in [0.29, 0.717) is 24.4 Å². The number of nitrogens with zero attached hydrogens (tertiary/aromatic N) is 3. The minimum absolute atomic E-state index is 0.000299. The predicted molar refractivity (Wildman–Crippen MR) is 221 cm³/mol. The van der Waals surface area contributed by atoms with Crippen molar-refractivity contribution in [3.63, 3.8) is 0 Å². The van der Waals surface area contributed by atoms with Crippen LogP contribution in [0.2, 0.25) is 0 Å². The van der Waals surface area contributed by atoms with Gasteiger partial charge in [-0.25, -0.2) is 0 Å². The molecule has 0 aromatic heterocycles. The lowest BCUT2D eigenvalue weighted by Gasteiger charge is -2.37. The number of esters is 1. The van der Waals surface area contributed by atoms with Gasteiger partial charge >= 0.3 is 5.97 Å². The van der Waals surface area contributed by atoms with E-state index in [4.69, 9.17) is 9.47 Å². The van der Waals surface area contributed by atoms with Gasteiger partial charge in [0.05, 0.1) is 49.9 Å². The SMILES string of the molecule is CCC.CCC(C)C(C(CC)OC)N(C)C(=O)CNC(=O)C1C2CCC(C2)N1C.COC(=O)CNC(=O)C(C)C(OC)C1CCCN1C=O.Cc1ccccc1. The highest BCUT2D eigenvalue weighted by Gasteiger charge is 2.47. The fourth-order valence-corrected chi connectivity index (χ4v) is 8.02. The zero-order valence-electron chi connectivity index (χ0n) is 36.5. The van der Waals surface area contributed by atoms with E-state index >= 15 is 0 Å². The molecule has 3 aliphatic rings. The minimum atomic E-state index is -0.505. The van der Waals surface area contributed by atoms with Crippen molar-refractivity contribution in [1.82, 2.24) is 25.3 Å². The summed E-state index contributed by atoms with van der Waals surface area (Å²) in [6, 6.07) is 10.6. The quantitative estimate of drug-likeness (QED) is 0.178. The molecular weight excluding hydrogens is 714 g/mol. The summed E-state index contributed by atoms with van der Waals surface area (Å²) in [5, 5.41) is 5.40. The second kappa shape index (κ2) is 27.1. The Bertz CT molecular complexity index is 1300. The molecule has 9 unspecified atom stereocenters. The van der Waals surface area contributed by atoms with Gasteiger partial charge in [-0.3, -0.25) is 28.9 Å². The van der Waals surface area contributed by atoms with Crippen molar-refractivity contribution >= 4 is 30.1 Å². The van der Waals surface area contributed by atoms with Gasteiger partial charge in [0.1, 0.15) is 6.54 Å². The van der Waals surface area contributed by atoms with Crippen molar-refractivity contribution in [3.05, 3.63) is 35.9 Å². The highest BCUT2D eigenvalue weighted by Crippen LogP contribution is 2.41. The van der Waals surface area contributed by atoms with E-state index in [1.54, 1.807) is 23.8 Å². The molecule has 0 radical (unpaired) electrons. The lowest BCUT2D eigenvalue weighted by molar-refractivity contribution is -0.142. The molecule has 13 nitrogen and oxygen atoms in total. The molecule has 1 aromatic rings. The molecule has 4 rings (SSSR count). The Balaban J connectivity index is 0.000000458. The van der Waals surface area contributed by atoms with E-state index in [2.05, 4.69) is 73.9 Å². The second-order valence-electron chi connectivity index (χ2n) is 15.3. The Morgan fingerprint density at radius 2 is 1.57 bits per heavy atom. The number of carbonyl (C=O) groups excluding carboxylic acids is 5. The summed E-state index contributed by atoms with van der Waals surface area (Å²) < 4.78 is 15.5. The van der Waals surface area contributed by atoms with Crippen molar-refractivity contribution < 1.29 is 38.2 Å². The van der Waals surface area contributed by atoms with Crippen molar-refractivity contribution in [2.24, 2.45) is 17.8 Å². The molecule has 2 aliphatic heterocycles. The largest absolute Gasteiger partial charge is 0.468 e. The maximum atomic E-state index is 12.7. The summed E-state index contributed by atoms with van der Waals surface area (Å²) in [6.07, 6.45) is 8.64. The molecule has 1 saturated carbocycles. The zero-order valence-corrected chi connectivity index (χ0v) is 36.5. The zero-order chi connectivity index (χ0) is 42.4. The third-order valence-corrected chi connectivity index (χ3v) is 11.4. The third-order valence-electron chi connectivity index (χ3n) is 11.4. The molecule has 1 aliphatic carbocycles. The first-order valence-corrected chi connectivity index (χ1v) is 20.6. The van der Waals surface area contributed by atoms with Gasteiger partial charge in [-0.2, -0.15) is 0 Å². The molecule has 320 valence electrons. The van der Waals surface area contributed by atoms with E-state index in [9.17, 15) is 24.0 Å². The number of hydrogen-bond donors (Lipinski definition) is 2. The van der Waals surface area contributed by atoms with Crippen LogP contribution in [-0.4, -0.2) is 136 Å². The first kappa shape index (κ1) is 50.5. The minimum Gasteiger partial charge on any atom is -0.468 e. The van der Waals surface area contributed by atoms with Crippen LogP contribution in [0.4, 0.5) is 0 Å². The van der Waals surface area contributed by atoms with E-state index in [1.165, 1.54) is 32.6 Å². The molecule has 2 N–H and O–H groups in total. The van der Waals surface area contributed by atoms with Gasteiger partial charge in [-0.15, -0.1) is 0 Å². The van der Waals surface area contributed by atoms with Gasteiger partial charge in [0.25, 0.3) is 0 Å². The normalized spacial score (nSPS) is 22.2. The van der Waals surface area contributed by atoms with Crippen molar-refractivity contribution in [2.75, 3.05) is 55.1 Å². The summed E-state index contributed by atoms with van der Waals surface area (Å²) in [7, 11) is 8.35. The number of likely N-dealkylation sites (tertiary alicyclic amines) is 2. The number of benzene rings is 1. The summed E-state index contributed by atoms with van der Waals surface area (Å²) in [6.45, 7) is 15.0. The molecule has 13 heteroatoms. The Labute approximate surface area is 337 Å². The Hall–Kier alpha value is -3.55. The van der Waals surface area contributed by atoms with Gasteiger partial charge in [0, 0.05) is 33.9 Å². The topological polar surface area (TPSA) is 147 Å². The highest BCUT2D eigenvalue weighted by molar-refractivity contribution is 5.88. The molecule has 2 bridgehead atoms. The van der Waals surface area contributed by atoms with Gasteiger partial charge in [0.2, 0.25) is 24.1 Å². The van der Waals surface area contributed by atoms with Crippen LogP contribution in [0.15, 0.2) is 30.3 Å². The number of likely N-dealkylation sites (N-methyl/N-ethyl adjacent to an activating group) is 2. The molecule has 1 aromatic carbocycles. The number of hydrogen-bond acceptors (Lipinski definition) is 9. The number of ether oxygens (including phenoxy) is 3. The van der Waals surface area contributed by atoms with Crippen LogP contribution in [0.1, 0.15) is 98.5 Å². The predicted octanol–water partition coefficient (Wildman–Crippen LogP) is 4.84. The molecule has 2 heterocycles. The van der Waals surface area contributed by atoms with Gasteiger partial charge < -0.3 is 34.6 Å². The summed E-state index contributed by atoms with van der Waals surface area (Å²) in [4.78, 5) is 65.0. The van der Waals surface area contributed by atoms with Crippen LogP contribution in [0.25, 0.3) is 0 Å². The fraction of sp³-hybridized carbons (Fsp3) is 0.744. The molecule has 9 atom stereocenters. The molecular formula is C43H75N5O8. The Morgan fingerprint density at radius 3 is 2.04 bits per heavy atom. The van der Waals surface area contributed by atoms with Crippen LogP contribution >= 0.6 is 0 Å². The average Bonchev–Trinajstić information content (AvgIpc) is 3.96. The fourth-order valence-electron chi connectivity index (χ4n) is 8.02. The summed E-state index contributed by atoms with van der Waals surface area (Å²) in [5.41, 5.74) is 1.32. The first-order chi connectivity index (χ1) is 26.7. The maximum Gasteiger partial charge on any atom is 0.325 e. The third kappa shape index (κ3) is 15.4. The number of nitrogens with one attached hydrogen (secondary N) is 2. The highest BCUT2D eigenvalue weighted by atomic mass is 16.5. The molecule has 2 saturated heterocycles. The van der Waals surface area contributed by atoms with Crippen LogP contribution < -0.4 is 10.6 Å². The van der Waals surface area contributed by atoms with Crippen molar-refractivity contribution in [1.29, 1.82) is 0 Å². The number of rotatable bonds is 16. The lowest BCUT2D eigenvalue weighted by Crippen LogP contribution is -2.54. The summed E-state index contributed by atoms with van der Waals surface area (Å²) >= 11 is 0. The Kier molecular flexibility index (Phi) is 24.5. The number of fused-ring (bicyclic) bond motifs is 2.